The molecule has 1 aliphatic heterocycles. The van der Waals surface area contributed by atoms with Gasteiger partial charge in [0.1, 0.15) is 29.3 Å². The van der Waals surface area contributed by atoms with Crippen molar-refractivity contribution in [2.45, 2.75) is 82.7 Å². The van der Waals surface area contributed by atoms with E-state index in [-0.39, 0.29) is 34.3 Å². The van der Waals surface area contributed by atoms with Crippen molar-refractivity contribution < 1.29 is 19.1 Å². The van der Waals surface area contributed by atoms with Gasteiger partial charge in [-0.1, -0.05) is 30.9 Å². The van der Waals surface area contributed by atoms with E-state index in [0.29, 0.717) is 47.8 Å². The Morgan fingerprint density at radius 1 is 1.18 bits per heavy atom. The molecule has 3 atom stereocenters. The molecule has 2 spiro atoms. The van der Waals surface area contributed by atoms with E-state index < -0.39 is 12.1 Å². The minimum atomic E-state index is -0.750. The third-order valence-electron chi connectivity index (χ3n) is 9.73. The van der Waals surface area contributed by atoms with Crippen LogP contribution in [0.2, 0.25) is 5.02 Å². The van der Waals surface area contributed by atoms with E-state index in [9.17, 15) is 19.6 Å². The molecule has 39 heavy (non-hydrogen) atoms. The first-order valence-electron chi connectivity index (χ1n) is 14.1. The second-order valence-corrected chi connectivity index (χ2v) is 12.9. The fourth-order valence-electron chi connectivity index (χ4n) is 7.47. The fourth-order valence-corrected chi connectivity index (χ4v) is 7.68. The zero-order chi connectivity index (χ0) is 27.4. The predicted octanol–water partition coefficient (Wildman–Crippen LogP) is 5.15. The van der Waals surface area contributed by atoms with E-state index in [2.05, 4.69) is 16.4 Å². The van der Waals surface area contributed by atoms with Gasteiger partial charge in [-0.3, -0.25) is 14.4 Å². The molecule has 3 unspecified atom stereocenters. The lowest BCUT2D eigenvalue weighted by Crippen LogP contribution is -2.49. The van der Waals surface area contributed by atoms with Crippen LogP contribution in [-0.2, 0) is 9.59 Å². The van der Waals surface area contributed by atoms with Gasteiger partial charge in [0.15, 0.2) is 0 Å². The number of Topliss-reactive ketones (excluding diaryl/α,β-unsaturated/α-hetero) is 1. The summed E-state index contributed by atoms with van der Waals surface area (Å²) in [7, 11) is 1.56. The summed E-state index contributed by atoms with van der Waals surface area (Å²) in [5, 5.41) is 14.0. The Kier molecular flexibility index (Phi) is 6.61. The average Bonchev–Trinajstić information content (AvgIpc) is 3.23. The molecule has 0 bridgehead atoms. The molecule has 0 radical (unpaired) electrons. The van der Waals surface area contributed by atoms with Crippen molar-refractivity contribution in [3.8, 4) is 11.8 Å². The van der Waals surface area contributed by atoms with Crippen molar-refractivity contribution in [1.82, 2.24) is 15.2 Å². The summed E-state index contributed by atoms with van der Waals surface area (Å²) in [5.41, 5.74) is 1.14. The molecule has 6 rings (SSSR count). The Labute approximate surface area is 233 Å². The fraction of sp³-hybridized carbons (Fsp3) is 0.600. The number of hydrogen-bond donors (Lipinski definition) is 2. The van der Waals surface area contributed by atoms with Crippen LogP contribution in [0, 0.1) is 28.1 Å². The molecule has 3 aliphatic carbocycles. The van der Waals surface area contributed by atoms with E-state index in [0.717, 1.165) is 50.3 Å². The van der Waals surface area contributed by atoms with Crippen LogP contribution in [0.5, 0.6) is 5.75 Å². The van der Waals surface area contributed by atoms with Crippen LogP contribution in [0.3, 0.4) is 0 Å². The third-order valence-corrected chi connectivity index (χ3v) is 9.95. The third kappa shape index (κ3) is 4.91. The van der Waals surface area contributed by atoms with Crippen LogP contribution < -0.4 is 10.1 Å². The van der Waals surface area contributed by atoms with Crippen molar-refractivity contribution in [3.05, 3.63) is 28.9 Å². The van der Waals surface area contributed by atoms with Crippen LogP contribution in [0.1, 0.15) is 81.1 Å². The lowest BCUT2D eigenvalue weighted by atomic mass is 9.72. The number of ether oxygens (including phenoxy) is 1. The van der Waals surface area contributed by atoms with Crippen molar-refractivity contribution in [3.63, 3.8) is 0 Å². The summed E-state index contributed by atoms with van der Waals surface area (Å²) >= 11 is 6.24. The van der Waals surface area contributed by atoms with Gasteiger partial charge >= 0.3 is 0 Å². The summed E-state index contributed by atoms with van der Waals surface area (Å²) in [6.45, 7) is 0.512. The van der Waals surface area contributed by atoms with Gasteiger partial charge in [-0.2, -0.15) is 5.26 Å². The summed E-state index contributed by atoms with van der Waals surface area (Å²) < 4.78 is 5.46. The topological polar surface area (TPSA) is 115 Å². The maximum atomic E-state index is 13.9. The number of nitriles is 1. The molecule has 9 heteroatoms. The number of nitrogens with zero attached hydrogens (tertiary/aromatic N) is 2. The quantitative estimate of drug-likeness (QED) is 0.516. The zero-order valence-electron chi connectivity index (χ0n) is 22.4. The van der Waals surface area contributed by atoms with Crippen molar-refractivity contribution in [2.24, 2.45) is 16.7 Å². The molecule has 1 aromatic carbocycles. The maximum Gasteiger partial charge on any atom is 0.271 e. The first kappa shape index (κ1) is 26.2. The Morgan fingerprint density at radius 2 is 1.95 bits per heavy atom. The number of benzene rings is 1. The number of ketones is 1. The first-order valence-corrected chi connectivity index (χ1v) is 14.5. The smallest absolute Gasteiger partial charge is 0.271 e. The molecule has 2 amide bonds. The summed E-state index contributed by atoms with van der Waals surface area (Å²) in [5.74, 6) is 0.0631. The highest BCUT2D eigenvalue weighted by atomic mass is 35.5. The monoisotopic (exact) mass is 550 g/mol. The van der Waals surface area contributed by atoms with Crippen molar-refractivity contribution in [1.29, 1.82) is 5.26 Å². The van der Waals surface area contributed by atoms with E-state index in [4.69, 9.17) is 16.3 Å². The summed E-state index contributed by atoms with van der Waals surface area (Å²) in [6.07, 6.45) is 9.85. The Hall–Kier alpha value is -3.05. The van der Waals surface area contributed by atoms with Crippen LogP contribution in [0.25, 0.3) is 10.9 Å². The number of methoxy groups -OCH3 is 1. The molecule has 3 saturated carbocycles. The highest BCUT2D eigenvalue weighted by molar-refractivity contribution is 6.31. The zero-order valence-corrected chi connectivity index (χ0v) is 23.1. The van der Waals surface area contributed by atoms with Crippen LogP contribution in [0.4, 0.5) is 0 Å². The molecule has 1 aromatic heterocycles. The van der Waals surface area contributed by atoms with Crippen LogP contribution in [0.15, 0.2) is 18.2 Å². The molecule has 4 fully saturated rings. The number of H-pyrrole nitrogens is 1. The Balaban J connectivity index is 1.23. The first-order chi connectivity index (χ1) is 18.7. The Bertz CT molecular complexity index is 1370. The van der Waals surface area contributed by atoms with Gasteiger partial charge in [0.2, 0.25) is 5.91 Å². The standard InChI is InChI=1S/C30H35ClN4O4/c1-39-26-11-19(31)10-22-21(26)12-23(34-22)28(38)35-17-30(5-3-2-4-6-30)14-24(35)27(37)33-20(16-32)9-18-13-29(7-8-29)15-25(18)36/h10-12,18,20,24,34H,2-9,13-15,17H2,1H3,(H,33,37). The van der Waals surface area contributed by atoms with E-state index >= 15 is 0 Å². The highest BCUT2D eigenvalue weighted by Crippen LogP contribution is 2.59. The number of likely N-dealkylation sites (tertiary alicyclic amines) is 1. The number of halogens is 1. The number of carbonyl (C=O) groups is 3. The van der Waals surface area contributed by atoms with Crippen LogP contribution >= 0.6 is 11.6 Å². The highest BCUT2D eigenvalue weighted by Gasteiger charge is 2.53. The number of amides is 2. The predicted molar refractivity (Wildman–Crippen MR) is 146 cm³/mol. The Morgan fingerprint density at radius 3 is 2.62 bits per heavy atom. The molecule has 206 valence electrons. The number of aromatic nitrogens is 1. The van der Waals surface area contributed by atoms with Gasteiger partial charge < -0.3 is 19.9 Å². The SMILES string of the molecule is COc1cc(Cl)cc2[nH]c(C(=O)N3CC4(CCCCC4)CC3C(=O)NC(C#N)CC3CC4(CC4)CC3=O)cc12. The van der Waals surface area contributed by atoms with Gasteiger partial charge in [-0.05, 0) is 74.0 Å². The number of carbonyl (C=O) groups excluding carboxylic acids is 3. The van der Waals surface area contributed by atoms with E-state index in [1.54, 1.807) is 30.2 Å². The number of rotatable bonds is 6. The molecule has 1 saturated heterocycles. The molecule has 2 heterocycles. The second-order valence-electron chi connectivity index (χ2n) is 12.4. The molecule has 8 nitrogen and oxygen atoms in total. The summed E-state index contributed by atoms with van der Waals surface area (Å²) in [6, 6.07) is 6.01. The molecule has 2 aromatic rings. The number of hydrogen-bond acceptors (Lipinski definition) is 5. The van der Waals surface area contributed by atoms with E-state index in [1.165, 1.54) is 6.42 Å². The van der Waals surface area contributed by atoms with Gasteiger partial charge in [-0.15, -0.1) is 0 Å². The second kappa shape index (κ2) is 9.85. The minimum Gasteiger partial charge on any atom is -0.496 e. The lowest BCUT2D eigenvalue weighted by molar-refractivity contribution is -0.126. The van der Waals surface area contributed by atoms with Crippen LogP contribution in [-0.4, -0.2) is 53.2 Å². The van der Waals surface area contributed by atoms with Gasteiger partial charge in [-0.25, -0.2) is 0 Å². The number of fused-ring (bicyclic) bond motifs is 1. The molecule has 4 aliphatic rings. The van der Waals surface area contributed by atoms with Gasteiger partial charge in [0.25, 0.3) is 5.91 Å². The minimum absolute atomic E-state index is 0.0924. The maximum absolute atomic E-state index is 13.9. The largest absolute Gasteiger partial charge is 0.496 e. The average molecular weight is 551 g/mol. The van der Waals surface area contributed by atoms with Gasteiger partial charge in [0.05, 0.1) is 18.7 Å². The normalized spacial score (nSPS) is 25.7. The molecular formula is C30H35ClN4O4. The summed E-state index contributed by atoms with van der Waals surface area (Å²) in [4.78, 5) is 45.1. The van der Waals surface area contributed by atoms with Crippen molar-refractivity contribution >= 4 is 40.1 Å². The van der Waals surface area contributed by atoms with Gasteiger partial charge in [0, 0.05) is 29.3 Å². The lowest BCUT2D eigenvalue weighted by Gasteiger charge is -2.32. The van der Waals surface area contributed by atoms with Crippen molar-refractivity contribution in [2.75, 3.05) is 13.7 Å². The number of aromatic amines is 1. The molecule has 2 N–H and O–H groups in total. The number of nitrogens with one attached hydrogen (secondary N) is 2. The van der Waals surface area contributed by atoms with E-state index in [1.807, 2.05) is 0 Å². The molecular weight excluding hydrogens is 516 g/mol.